The number of nitrogens with zero attached hydrogens (tertiary/aromatic N) is 4. The van der Waals surface area contributed by atoms with E-state index < -0.39 is 22.9 Å². The van der Waals surface area contributed by atoms with E-state index in [-0.39, 0.29) is 24.0 Å². The molecule has 1 fully saturated rings. The fraction of sp³-hybridized carbons (Fsp3) is 0.333. The van der Waals surface area contributed by atoms with Gasteiger partial charge in [-0.2, -0.15) is 10.2 Å². The predicted octanol–water partition coefficient (Wildman–Crippen LogP) is 2.99. The zero-order chi connectivity index (χ0) is 26.5. The molecule has 1 amide bonds. The normalized spacial score (nSPS) is 14.9. The van der Waals surface area contributed by atoms with Crippen molar-refractivity contribution in [1.82, 2.24) is 14.5 Å². The van der Waals surface area contributed by atoms with E-state index in [1.54, 1.807) is 37.3 Å². The molecule has 1 aliphatic heterocycles. The third-order valence-corrected chi connectivity index (χ3v) is 6.41. The van der Waals surface area contributed by atoms with Gasteiger partial charge in [-0.1, -0.05) is 24.3 Å². The average Bonchev–Trinajstić information content (AvgIpc) is 3.41. The first-order chi connectivity index (χ1) is 17.9. The smallest absolute Gasteiger partial charge is 0.289 e. The Labute approximate surface area is 214 Å². The highest BCUT2D eigenvalue weighted by Gasteiger charge is 2.34. The number of methoxy groups -OCH3 is 2. The molecule has 4 rings (SSSR count). The molecule has 1 aliphatic rings. The van der Waals surface area contributed by atoms with Crippen LogP contribution < -0.4 is 15.0 Å². The number of carbonyl (C=O) groups is 1. The van der Waals surface area contributed by atoms with Gasteiger partial charge in [0, 0.05) is 25.6 Å². The topological polar surface area (TPSA) is 127 Å². The van der Waals surface area contributed by atoms with E-state index >= 15 is 0 Å². The Kier molecular flexibility index (Phi) is 7.74. The van der Waals surface area contributed by atoms with Gasteiger partial charge in [0.2, 0.25) is 5.88 Å². The molecule has 0 saturated carbocycles. The lowest BCUT2D eigenvalue weighted by Crippen LogP contribution is -2.35. The highest BCUT2D eigenvalue weighted by atomic mass is 16.5. The Balaban J connectivity index is 1.80. The van der Waals surface area contributed by atoms with Crippen molar-refractivity contribution in [3.8, 4) is 29.1 Å². The number of hydrogen-bond donors (Lipinski definition) is 1. The van der Waals surface area contributed by atoms with Gasteiger partial charge in [0.15, 0.2) is 5.56 Å². The number of carbonyl (C=O) groups excluding carboxylic acids is 1. The van der Waals surface area contributed by atoms with E-state index in [4.69, 9.17) is 14.2 Å². The van der Waals surface area contributed by atoms with E-state index in [1.165, 1.54) is 23.7 Å². The van der Waals surface area contributed by atoms with E-state index in [0.29, 0.717) is 43.2 Å². The Morgan fingerprint density at radius 2 is 1.86 bits per heavy atom. The van der Waals surface area contributed by atoms with Gasteiger partial charge in [-0.15, -0.1) is 0 Å². The number of aromatic nitrogens is 2. The van der Waals surface area contributed by atoms with Gasteiger partial charge < -0.3 is 24.2 Å². The van der Waals surface area contributed by atoms with Crippen molar-refractivity contribution in [1.29, 1.82) is 5.26 Å². The van der Waals surface area contributed by atoms with Gasteiger partial charge in [0.05, 0.1) is 25.9 Å². The third kappa shape index (κ3) is 4.86. The SMILES string of the molecule is CCOCc1nc(=O)c(C(=O)N2CCC(c3ccccc3C#N)C2)c(O)n1-c1c(OC)cccc1OC. The monoisotopic (exact) mass is 504 g/mol. The largest absolute Gasteiger partial charge is 0.494 e. The average molecular weight is 505 g/mol. The van der Waals surface area contributed by atoms with Crippen molar-refractivity contribution < 1.29 is 24.1 Å². The molecular weight excluding hydrogens is 476 g/mol. The Hall–Kier alpha value is -4.36. The van der Waals surface area contributed by atoms with Gasteiger partial charge in [-0.05, 0) is 37.1 Å². The number of hydrogen-bond acceptors (Lipinski definition) is 8. The Morgan fingerprint density at radius 1 is 1.16 bits per heavy atom. The van der Waals surface area contributed by atoms with Crippen LogP contribution in [-0.4, -0.2) is 59.4 Å². The second-order valence-corrected chi connectivity index (χ2v) is 8.45. The molecule has 192 valence electrons. The van der Waals surface area contributed by atoms with Crippen molar-refractivity contribution in [3.63, 3.8) is 0 Å². The summed E-state index contributed by atoms with van der Waals surface area (Å²) in [6, 6.07) is 14.5. The van der Waals surface area contributed by atoms with Crippen LogP contribution in [0.5, 0.6) is 17.4 Å². The molecule has 1 saturated heterocycles. The number of rotatable bonds is 8. The van der Waals surface area contributed by atoms with Crippen molar-refractivity contribution in [2.75, 3.05) is 33.9 Å². The van der Waals surface area contributed by atoms with Crippen LogP contribution in [0.15, 0.2) is 47.3 Å². The quantitative estimate of drug-likeness (QED) is 0.496. The molecule has 3 aromatic rings. The number of ether oxygens (including phenoxy) is 3. The lowest BCUT2D eigenvalue weighted by molar-refractivity contribution is 0.0782. The summed E-state index contributed by atoms with van der Waals surface area (Å²) in [5.74, 6) is -0.522. The molecule has 10 nitrogen and oxygen atoms in total. The number of para-hydroxylation sites is 1. The molecule has 0 spiro atoms. The summed E-state index contributed by atoms with van der Waals surface area (Å²) >= 11 is 0. The summed E-state index contributed by atoms with van der Waals surface area (Å²) in [4.78, 5) is 32.3. The lowest BCUT2D eigenvalue weighted by atomic mass is 9.94. The van der Waals surface area contributed by atoms with Gasteiger partial charge in [0.25, 0.3) is 11.5 Å². The molecular formula is C27H28N4O6. The maximum Gasteiger partial charge on any atom is 0.289 e. The minimum atomic E-state index is -0.858. The van der Waals surface area contributed by atoms with Crippen molar-refractivity contribution in [2.24, 2.45) is 0 Å². The van der Waals surface area contributed by atoms with E-state index in [0.717, 1.165) is 5.56 Å². The van der Waals surface area contributed by atoms with Crippen molar-refractivity contribution in [2.45, 2.75) is 25.9 Å². The molecule has 2 aromatic carbocycles. The second-order valence-electron chi connectivity index (χ2n) is 8.45. The molecule has 0 bridgehead atoms. The zero-order valence-corrected chi connectivity index (χ0v) is 20.9. The first kappa shape index (κ1) is 25.7. The second kappa shape index (κ2) is 11.1. The highest BCUT2D eigenvalue weighted by molar-refractivity contribution is 5.96. The van der Waals surface area contributed by atoms with Crippen LogP contribution in [-0.2, 0) is 11.3 Å². The number of nitriles is 1. The van der Waals surface area contributed by atoms with Crippen molar-refractivity contribution in [3.05, 3.63) is 75.3 Å². The summed E-state index contributed by atoms with van der Waals surface area (Å²) < 4.78 is 17.7. The van der Waals surface area contributed by atoms with Crippen LogP contribution in [0, 0.1) is 11.3 Å². The highest BCUT2D eigenvalue weighted by Crippen LogP contribution is 2.37. The van der Waals surface area contributed by atoms with Crippen molar-refractivity contribution >= 4 is 5.91 Å². The summed E-state index contributed by atoms with van der Waals surface area (Å²) in [7, 11) is 2.92. The van der Waals surface area contributed by atoms with Gasteiger partial charge in [-0.25, -0.2) is 0 Å². The van der Waals surface area contributed by atoms with Gasteiger partial charge in [0.1, 0.15) is 29.6 Å². The maximum absolute atomic E-state index is 13.6. The Morgan fingerprint density at radius 3 is 2.51 bits per heavy atom. The summed E-state index contributed by atoms with van der Waals surface area (Å²) in [5, 5.41) is 20.9. The number of benzene rings is 2. The number of aromatic hydroxyl groups is 1. The van der Waals surface area contributed by atoms with Gasteiger partial charge in [-0.3, -0.25) is 14.2 Å². The fourth-order valence-electron chi connectivity index (χ4n) is 4.63. The first-order valence-corrected chi connectivity index (χ1v) is 11.9. The molecule has 1 N–H and O–H groups in total. The maximum atomic E-state index is 13.6. The van der Waals surface area contributed by atoms with E-state index in [2.05, 4.69) is 11.1 Å². The zero-order valence-electron chi connectivity index (χ0n) is 20.9. The molecule has 10 heteroatoms. The third-order valence-electron chi connectivity index (χ3n) is 6.41. The van der Waals surface area contributed by atoms with Crippen LogP contribution in [0.1, 0.15) is 46.6 Å². The molecule has 0 radical (unpaired) electrons. The summed E-state index contributed by atoms with van der Waals surface area (Å²) in [6.45, 7) is 2.71. The standard InChI is InChI=1S/C27H28N4O6/c1-4-37-16-22-29-25(32)23(27(34)31(22)24-20(35-2)10-7-11-21(24)36-3)26(33)30-13-12-18(15-30)19-9-6-5-8-17(19)14-28/h5-11,18,34H,4,12-13,15-16H2,1-3H3. The fourth-order valence-corrected chi connectivity index (χ4v) is 4.63. The first-order valence-electron chi connectivity index (χ1n) is 11.9. The van der Waals surface area contributed by atoms with Gasteiger partial charge >= 0.3 is 0 Å². The summed E-state index contributed by atoms with van der Waals surface area (Å²) in [5.41, 5.74) is 0.372. The molecule has 0 aliphatic carbocycles. The molecule has 2 heterocycles. The van der Waals surface area contributed by atoms with Crippen LogP contribution in [0.25, 0.3) is 5.69 Å². The molecule has 1 aromatic heterocycles. The number of likely N-dealkylation sites (tertiary alicyclic amines) is 1. The Bertz CT molecular complexity index is 1390. The number of amides is 1. The minimum Gasteiger partial charge on any atom is -0.494 e. The van der Waals surface area contributed by atoms with E-state index in [1.807, 2.05) is 12.1 Å². The predicted molar refractivity (Wildman–Crippen MR) is 134 cm³/mol. The van der Waals surface area contributed by atoms with Crippen LogP contribution in [0.4, 0.5) is 0 Å². The molecule has 37 heavy (non-hydrogen) atoms. The molecule has 1 atom stereocenters. The minimum absolute atomic E-state index is 0.0660. The van der Waals surface area contributed by atoms with Crippen LogP contribution in [0.2, 0.25) is 0 Å². The molecule has 1 unspecified atom stereocenters. The van der Waals surface area contributed by atoms with Crippen LogP contribution in [0.3, 0.4) is 0 Å². The summed E-state index contributed by atoms with van der Waals surface area (Å²) in [6.07, 6.45) is 0.621. The van der Waals surface area contributed by atoms with Crippen LogP contribution >= 0.6 is 0 Å². The lowest BCUT2D eigenvalue weighted by Gasteiger charge is -2.22. The van der Waals surface area contributed by atoms with E-state index in [9.17, 15) is 20.0 Å².